The summed E-state index contributed by atoms with van der Waals surface area (Å²) in [4.78, 5) is 13.0. The highest BCUT2D eigenvalue weighted by Crippen LogP contribution is 2.30. The van der Waals surface area contributed by atoms with Crippen LogP contribution in [-0.2, 0) is 11.3 Å². The Morgan fingerprint density at radius 3 is 2.40 bits per heavy atom. The van der Waals surface area contributed by atoms with Crippen LogP contribution in [-0.4, -0.2) is 17.2 Å². The van der Waals surface area contributed by atoms with Gasteiger partial charge in [0, 0.05) is 12.2 Å². The van der Waals surface area contributed by atoms with Crippen LogP contribution in [0, 0.1) is 0 Å². The summed E-state index contributed by atoms with van der Waals surface area (Å²) in [6.07, 6.45) is -5.12. The maximum atomic E-state index is 13.2. The van der Waals surface area contributed by atoms with E-state index in [1.807, 2.05) is 6.07 Å². The highest BCUT2D eigenvalue weighted by molar-refractivity contribution is 6.34. The van der Waals surface area contributed by atoms with Gasteiger partial charge in [-0.2, -0.15) is 13.2 Å². The second-order valence-corrected chi connectivity index (χ2v) is 8.02. The Morgan fingerprint density at radius 2 is 1.74 bits per heavy atom. The van der Waals surface area contributed by atoms with Gasteiger partial charge in [-0.15, -0.1) is 0 Å². The lowest BCUT2D eigenvalue weighted by molar-refractivity contribution is -0.112. The third-order valence-corrected chi connectivity index (χ3v) is 5.37. The maximum absolute atomic E-state index is 13.2. The molecule has 5 nitrogen and oxygen atoms in total. The number of benzene rings is 3. The quantitative estimate of drug-likeness (QED) is 0.227. The molecule has 1 unspecified atom stereocenters. The average Bonchev–Trinajstić information content (AvgIpc) is 2.84. The smallest absolute Gasteiger partial charge is 0.384 e. The number of carbonyl (C=O) groups excluding carboxylic acids is 1. The molecule has 0 aliphatic heterocycles. The van der Waals surface area contributed by atoms with E-state index in [4.69, 9.17) is 17.3 Å². The number of rotatable bonds is 8. The number of hydrogen-bond donors (Lipinski definition) is 4. The number of halogens is 4. The third kappa shape index (κ3) is 6.95. The van der Waals surface area contributed by atoms with Crippen molar-refractivity contribution in [2.75, 3.05) is 10.6 Å². The van der Waals surface area contributed by atoms with Gasteiger partial charge in [0.1, 0.15) is 11.8 Å². The van der Waals surface area contributed by atoms with Gasteiger partial charge in [0.25, 0.3) is 5.91 Å². The third-order valence-electron chi connectivity index (χ3n) is 5.04. The van der Waals surface area contributed by atoms with Gasteiger partial charge >= 0.3 is 6.18 Å². The van der Waals surface area contributed by atoms with Crippen molar-refractivity contribution in [3.63, 3.8) is 0 Å². The normalized spacial score (nSPS) is 12.7. The molecule has 5 N–H and O–H groups in total. The molecule has 0 aliphatic rings. The minimum atomic E-state index is -4.73. The summed E-state index contributed by atoms with van der Waals surface area (Å²) in [5, 5.41) is 16.0. The molecule has 3 aromatic rings. The Kier molecular flexibility index (Phi) is 8.34. The average molecular weight is 502 g/mol. The van der Waals surface area contributed by atoms with Crippen molar-refractivity contribution in [1.29, 1.82) is 0 Å². The molecular weight excluding hydrogens is 479 g/mol. The molecule has 182 valence electrons. The number of nitrogens with two attached hydrogens (primary N) is 1. The molecule has 0 saturated carbocycles. The second-order valence-electron chi connectivity index (χ2n) is 7.62. The van der Waals surface area contributed by atoms with Crippen LogP contribution in [0.15, 0.2) is 96.7 Å². The number of alkyl halides is 3. The Morgan fingerprint density at radius 1 is 1.03 bits per heavy atom. The highest BCUT2D eigenvalue weighted by Gasteiger charge is 2.31. The largest absolute Gasteiger partial charge is 0.415 e. The molecule has 0 heterocycles. The first kappa shape index (κ1) is 26.0. The van der Waals surface area contributed by atoms with Crippen molar-refractivity contribution in [2.24, 2.45) is 5.73 Å². The van der Waals surface area contributed by atoms with Crippen LogP contribution >= 0.6 is 11.6 Å². The van der Waals surface area contributed by atoms with E-state index in [-0.39, 0.29) is 17.3 Å². The van der Waals surface area contributed by atoms with Crippen LogP contribution in [0.5, 0.6) is 0 Å². The first-order valence-corrected chi connectivity index (χ1v) is 10.8. The molecule has 0 spiro atoms. The van der Waals surface area contributed by atoms with Crippen molar-refractivity contribution in [1.82, 2.24) is 0 Å². The van der Waals surface area contributed by atoms with Gasteiger partial charge < -0.3 is 21.5 Å². The van der Waals surface area contributed by atoms with Crippen LogP contribution in [0.25, 0.3) is 0 Å². The number of hydrogen-bond acceptors (Lipinski definition) is 4. The summed E-state index contributed by atoms with van der Waals surface area (Å²) >= 11 is 6.23. The molecule has 0 aromatic heterocycles. The number of amides is 1. The van der Waals surface area contributed by atoms with E-state index in [0.29, 0.717) is 22.9 Å². The summed E-state index contributed by atoms with van der Waals surface area (Å²) in [6.45, 7) is 3.23. The molecular formula is C26H23ClF3N3O2. The SMILES string of the molecule is C=C(/C=C(\Nc1cccc(CN)c1)C(=O)Nc1cc(C(O)c2ccccc2)ccc1Cl)C(F)(F)F. The molecule has 1 amide bonds. The first-order valence-electron chi connectivity index (χ1n) is 10.5. The highest BCUT2D eigenvalue weighted by atomic mass is 35.5. The van der Waals surface area contributed by atoms with Crippen LogP contribution in [0.3, 0.4) is 0 Å². The van der Waals surface area contributed by atoms with Crippen LogP contribution in [0.4, 0.5) is 24.5 Å². The molecule has 0 bridgehead atoms. The summed E-state index contributed by atoms with van der Waals surface area (Å²) < 4.78 is 39.5. The summed E-state index contributed by atoms with van der Waals surface area (Å²) in [6, 6.07) is 20.0. The van der Waals surface area contributed by atoms with Gasteiger partial charge in [0.05, 0.1) is 16.3 Å². The molecule has 0 aliphatic carbocycles. The molecule has 0 fully saturated rings. The predicted molar refractivity (Wildman–Crippen MR) is 132 cm³/mol. The summed E-state index contributed by atoms with van der Waals surface area (Å²) in [7, 11) is 0. The Hall–Kier alpha value is -3.59. The van der Waals surface area contributed by atoms with Crippen molar-refractivity contribution < 1.29 is 23.1 Å². The number of nitrogens with one attached hydrogen (secondary N) is 2. The van der Waals surface area contributed by atoms with E-state index < -0.39 is 29.5 Å². The number of allylic oxidation sites excluding steroid dienone is 2. The lowest BCUT2D eigenvalue weighted by Crippen LogP contribution is -2.22. The molecule has 0 saturated heterocycles. The van der Waals surface area contributed by atoms with Crippen LogP contribution in [0.1, 0.15) is 22.8 Å². The Labute approximate surface area is 205 Å². The van der Waals surface area contributed by atoms with E-state index in [0.717, 1.165) is 5.56 Å². The van der Waals surface area contributed by atoms with Crippen molar-refractivity contribution in [3.8, 4) is 0 Å². The number of aliphatic hydroxyl groups excluding tert-OH is 1. The van der Waals surface area contributed by atoms with Gasteiger partial charge in [-0.25, -0.2) is 0 Å². The first-order chi connectivity index (χ1) is 16.6. The van der Waals surface area contributed by atoms with E-state index in [1.54, 1.807) is 54.6 Å². The van der Waals surface area contributed by atoms with Gasteiger partial charge in [0.2, 0.25) is 0 Å². The zero-order valence-corrected chi connectivity index (χ0v) is 19.2. The molecule has 0 radical (unpaired) electrons. The van der Waals surface area contributed by atoms with Gasteiger partial charge in [-0.1, -0.05) is 66.7 Å². The van der Waals surface area contributed by atoms with Crippen LogP contribution < -0.4 is 16.4 Å². The Balaban J connectivity index is 1.91. The fourth-order valence-electron chi connectivity index (χ4n) is 3.17. The van der Waals surface area contributed by atoms with Gasteiger partial charge in [-0.3, -0.25) is 4.79 Å². The maximum Gasteiger partial charge on any atom is 0.415 e. The minimum absolute atomic E-state index is 0.116. The lowest BCUT2D eigenvalue weighted by atomic mass is 10.0. The molecule has 9 heteroatoms. The van der Waals surface area contributed by atoms with Crippen molar-refractivity contribution in [2.45, 2.75) is 18.8 Å². The predicted octanol–water partition coefficient (Wildman–Crippen LogP) is 5.93. The van der Waals surface area contributed by atoms with Crippen molar-refractivity contribution >= 4 is 28.9 Å². The fraction of sp³-hybridized carbons (Fsp3) is 0.115. The topological polar surface area (TPSA) is 87.4 Å². The summed E-state index contributed by atoms with van der Waals surface area (Å²) in [5.74, 6) is -0.887. The van der Waals surface area contributed by atoms with E-state index in [1.165, 1.54) is 12.1 Å². The molecule has 1 atom stereocenters. The number of anilines is 2. The summed E-state index contributed by atoms with van der Waals surface area (Å²) in [5.41, 5.74) is 6.25. The molecule has 3 rings (SSSR count). The second kappa shape index (κ2) is 11.2. The Bertz CT molecular complexity index is 1240. The number of aliphatic hydroxyl groups is 1. The molecule has 35 heavy (non-hydrogen) atoms. The van der Waals surface area contributed by atoms with Crippen LogP contribution in [0.2, 0.25) is 5.02 Å². The van der Waals surface area contributed by atoms with Gasteiger partial charge in [-0.05, 0) is 47.0 Å². The monoisotopic (exact) mass is 501 g/mol. The molecule has 3 aromatic carbocycles. The standard InChI is InChI=1S/C26H23ClF3N3O2/c1-16(26(28,29)30)12-23(32-20-9-5-6-17(13-20)15-31)25(35)33-22-14-19(10-11-21(22)27)24(34)18-7-3-2-4-8-18/h2-14,24,32,34H,1,15,31H2,(H,33,35)/b23-12-. The van der Waals surface area contributed by atoms with E-state index in [9.17, 15) is 23.1 Å². The van der Waals surface area contributed by atoms with E-state index in [2.05, 4.69) is 17.2 Å². The van der Waals surface area contributed by atoms with Gasteiger partial charge in [0.15, 0.2) is 0 Å². The zero-order chi connectivity index (χ0) is 25.6. The zero-order valence-electron chi connectivity index (χ0n) is 18.4. The van der Waals surface area contributed by atoms with E-state index >= 15 is 0 Å². The minimum Gasteiger partial charge on any atom is -0.384 e. The number of carbonyl (C=O) groups is 1. The lowest BCUT2D eigenvalue weighted by Gasteiger charge is -2.17. The fourth-order valence-corrected chi connectivity index (χ4v) is 3.34. The van der Waals surface area contributed by atoms with Crippen molar-refractivity contribution in [3.05, 3.63) is 118 Å².